The fourth-order valence-corrected chi connectivity index (χ4v) is 1.57. The van der Waals surface area contributed by atoms with Crippen LogP contribution in [0, 0.1) is 0 Å². The predicted octanol–water partition coefficient (Wildman–Crippen LogP) is 3.44. The van der Waals surface area contributed by atoms with Gasteiger partial charge in [0.15, 0.2) is 0 Å². The van der Waals surface area contributed by atoms with Crippen molar-refractivity contribution in [2.24, 2.45) is 0 Å². The first-order valence-electron chi connectivity index (χ1n) is 4.00. The minimum absolute atomic E-state index is 0.897. The molecule has 3 heteroatoms. The van der Waals surface area contributed by atoms with E-state index in [1.165, 1.54) is 5.56 Å². The van der Waals surface area contributed by atoms with E-state index in [-0.39, 0.29) is 0 Å². The Labute approximate surface area is 95.5 Å². The lowest BCUT2D eigenvalue weighted by atomic mass is 10.2. The van der Waals surface area contributed by atoms with Crippen molar-refractivity contribution in [1.29, 1.82) is 0 Å². The summed E-state index contributed by atoms with van der Waals surface area (Å²) in [5.41, 5.74) is 1.20. The molecule has 0 radical (unpaired) electrons. The molecule has 0 bridgehead atoms. The van der Waals surface area contributed by atoms with Crippen molar-refractivity contribution in [2.75, 3.05) is 13.6 Å². The van der Waals surface area contributed by atoms with Gasteiger partial charge in [0, 0.05) is 15.5 Å². The van der Waals surface area contributed by atoms with E-state index in [1.54, 1.807) is 0 Å². The van der Waals surface area contributed by atoms with Crippen LogP contribution in [0.3, 0.4) is 0 Å². The van der Waals surface area contributed by atoms with Gasteiger partial charge in [-0.25, -0.2) is 0 Å². The summed E-state index contributed by atoms with van der Waals surface area (Å²) in [6.45, 7) is 0.897. The third-order valence-corrected chi connectivity index (χ3v) is 3.46. The van der Waals surface area contributed by atoms with Crippen LogP contribution in [0.2, 0.25) is 0 Å². The Kier molecular flexibility index (Phi) is 4.70. The quantitative estimate of drug-likeness (QED) is 0.902. The van der Waals surface area contributed by atoms with Gasteiger partial charge in [-0.15, -0.1) is 0 Å². The fourth-order valence-electron chi connectivity index (χ4n) is 0.929. The Hall–Kier alpha value is -0.120. The first kappa shape index (κ1) is 11.0. The molecule has 0 aliphatic heterocycles. The number of nitrogens with one attached hydrogen (secondary N) is 1. The van der Waals surface area contributed by atoms with Crippen LogP contribution in [0.4, 0.5) is 0 Å². The third kappa shape index (κ3) is 3.63. The average Bonchev–Trinajstić information content (AvgIpc) is 2.12. The minimum Gasteiger partial charge on any atom is -0.316 e. The highest BCUT2D eigenvalue weighted by atomic mass is 79.9. The van der Waals surface area contributed by atoms with Crippen LogP contribution in [0.1, 0.15) is 5.56 Å². The van der Waals surface area contributed by atoms with E-state index in [0.717, 1.165) is 15.5 Å². The van der Waals surface area contributed by atoms with Crippen LogP contribution in [0.15, 0.2) is 33.2 Å². The van der Waals surface area contributed by atoms with Gasteiger partial charge in [-0.2, -0.15) is 0 Å². The molecule has 0 saturated heterocycles. The van der Waals surface area contributed by atoms with Gasteiger partial charge in [0.2, 0.25) is 0 Å². The lowest BCUT2D eigenvalue weighted by molar-refractivity contribution is 0.922. The van der Waals surface area contributed by atoms with Crippen LogP contribution in [0.25, 0.3) is 6.08 Å². The Balaban J connectivity index is 2.73. The second kappa shape index (κ2) is 5.58. The Morgan fingerprint density at radius 2 is 2.08 bits per heavy atom. The Morgan fingerprint density at radius 3 is 2.69 bits per heavy atom. The Morgan fingerprint density at radius 1 is 1.31 bits per heavy atom. The maximum absolute atomic E-state index is 3.46. The third-order valence-electron chi connectivity index (χ3n) is 1.58. The normalized spacial score (nSPS) is 11.0. The molecule has 1 aromatic rings. The molecule has 0 atom stereocenters. The molecule has 0 aliphatic carbocycles. The van der Waals surface area contributed by atoms with Crippen LogP contribution >= 0.6 is 31.9 Å². The summed E-state index contributed by atoms with van der Waals surface area (Å²) < 4.78 is 2.16. The zero-order chi connectivity index (χ0) is 9.68. The maximum Gasteiger partial charge on any atom is 0.0323 e. The van der Waals surface area contributed by atoms with Gasteiger partial charge in [-0.1, -0.05) is 18.2 Å². The molecule has 13 heavy (non-hydrogen) atoms. The average molecular weight is 305 g/mol. The molecule has 1 N–H and O–H groups in total. The number of halogens is 2. The van der Waals surface area contributed by atoms with Crippen molar-refractivity contribution >= 4 is 37.9 Å². The van der Waals surface area contributed by atoms with E-state index in [9.17, 15) is 0 Å². The molecule has 0 aliphatic rings. The van der Waals surface area contributed by atoms with Crippen molar-refractivity contribution in [3.05, 3.63) is 38.8 Å². The number of hydrogen-bond acceptors (Lipinski definition) is 1. The summed E-state index contributed by atoms with van der Waals surface area (Å²) >= 11 is 6.89. The molecule has 0 amide bonds. The zero-order valence-electron chi connectivity index (χ0n) is 7.35. The fraction of sp³-hybridized carbons (Fsp3) is 0.200. The van der Waals surface area contributed by atoms with E-state index in [0.29, 0.717) is 0 Å². The predicted molar refractivity (Wildman–Crippen MR) is 64.8 cm³/mol. The smallest absolute Gasteiger partial charge is 0.0323 e. The van der Waals surface area contributed by atoms with Gasteiger partial charge >= 0.3 is 0 Å². The van der Waals surface area contributed by atoms with Crippen molar-refractivity contribution in [2.45, 2.75) is 0 Å². The molecule has 1 aromatic carbocycles. The lowest BCUT2D eigenvalue weighted by Crippen LogP contribution is -2.03. The van der Waals surface area contributed by atoms with E-state index in [4.69, 9.17) is 0 Å². The van der Waals surface area contributed by atoms with Crippen LogP contribution in [0.5, 0.6) is 0 Å². The zero-order valence-corrected chi connectivity index (χ0v) is 10.5. The first-order valence-corrected chi connectivity index (χ1v) is 5.59. The molecular formula is C10H11Br2N. The first-order chi connectivity index (χ1) is 6.24. The molecule has 1 rings (SSSR count). The van der Waals surface area contributed by atoms with Gasteiger partial charge in [-0.05, 0) is 56.6 Å². The highest BCUT2D eigenvalue weighted by molar-refractivity contribution is 9.13. The van der Waals surface area contributed by atoms with Gasteiger partial charge < -0.3 is 5.32 Å². The summed E-state index contributed by atoms with van der Waals surface area (Å²) in [7, 11) is 1.93. The van der Waals surface area contributed by atoms with E-state index < -0.39 is 0 Å². The summed E-state index contributed by atoms with van der Waals surface area (Å²) in [4.78, 5) is 0. The summed E-state index contributed by atoms with van der Waals surface area (Å²) in [6, 6.07) is 6.18. The van der Waals surface area contributed by atoms with Crippen molar-refractivity contribution in [3.8, 4) is 0 Å². The highest BCUT2D eigenvalue weighted by Crippen LogP contribution is 2.24. The second-order valence-corrected chi connectivity index (χ2v) is 4.34. The van der Waals surface area contributed by atoms with Crippen molar-refractivity contribution < 1.29 is 0 Å². The largest absolute Gasteiger partial charge is 0.316 e. The number of benzene rings is 1. The van der Waals surface area contributed by atoms with Gasteiger partial charge in [0.25, 0.3) is 0 Å². The maximum atomic E-state index is 3.46. The van der Waals surface area contributed by atoms with Crippen LogP contribution in [-0.4, -0.2) is 13.6 Å². The highest BCUT2D eigenvalue weighted by Gasteiger charge is 1.94. The van der Waals surface area contributed by atoms with E-state index in [2.05, 4.69) is 61.5 Å². The van der Waals surface area contributed by atoms with Gasteiger partial charge in [-0.3, -0.25) is 0 Å². The summed E-state index contributed by atoms with van der Waals surface area (Å²) in [6.07, 6.45) is 4.18. The molecule has 0 aromatic heterocycles. The SMILES string of the molecule is CNC/C=C/c1ccc(Br)c(Br)c1. The van der Waals surface area contributed by atoms with Gasteiger partial charge in [0.05, 0.1) is 0 Å². The topological polar surface area (TPSA) is 12.0 Å². The monoisotopic (exact) mass is 303 g/mol. The number of likely N-dealkylation sites (N-methyl/N-ethyl adjacent to an activating group) is 1. The standard InChI is InChI=1S/C10H11Br2N/c1-13-6-2-3-8-4-5-9(11)10(12)7-8/h2-5,7,13H,6H2,1H3/b3-2+. The minimum atomic E-state index is 0.897. The molecule has 0 saturated carbocycles. The summed E-state index contributed by atoms with van der Waals surface area (Å²) in [5.74, 6) is 0. The van der Waals surface area contributed by atoms with E-state index in [1.807, 2.05) is 13.1 Å². The molecule has 70 valence electrons. The molecular weight excluding hydrogens is 294 g/mol. The molecule has 0 fully saturated rings. The molecule has 0 spiro atoms. The van der Waals surface area contributed by atoms with Crippen LogP contribution in [-0.2, 0) is 0 Å². The number of rotatable bonds is 3. The van der Waals surface area contributed by atoms with Crippen molar-refractivity contribution in [1.82, 2.24) is 5.32 Å². The van der Waals surface area contributed by atoms with E-state index >= 15 is 0 Å². The second-order valence-electron chi connectivity index (χ2n) is 2.63. The van der Waals surface area contributed by atoms with Gasteiger partial charge in [0.1, 0.15) is 0 Å². The molecule has 0 unspecified atom stereocenters. The van der Waals surface area contributed by atoms with Crippen molar-refractivity contribution in [3.63, 3.8) is 0 Å². The summed E-state index contributed by atoms with van der Waals surface area (Å²) in [5, 5.41) is 3.06. The van der Waals surface area contributed by atoms with Crippen LogP contribution < -0.4 is 5.32 Å². The number of hydrogen-bond donors (Lipinski definition) is 1. The molecule has 0 heterocycles. The lowest BCUT2D eigenvalue weighted by Gasteiger charge is -1.97. The Bertz CT molecular complexity index is 308. The molecule has 1 nitrogen and oxygen atoms in total.